The Morgan fingerprint density at radius 2 is 1.70 bits per heavy atom. The van der Waals surface area contributed by atoms with E-state index in [1.165, 1.54) is 12.4 Å². The Morgan fingerprint density at radius 3 is 2.30 bits per heavy atom. The zero-order valence-electron chi connectivity index (χ0n) is 12.9. The molecule has 0 aliphatic carbocycles. The molecule has 8 heteroatoms. The van der Waals surface area contributed by atoms with Gasteiger partial charge in [-0.3, -0.25) is 14.6 Å². The van der Waals surface area contributed by atoms with E-state index in [1.54, 1.807) is 28.9 Å². The van der Waals surface area contributed by atoms with E-state index in [9.17, 15) is 18.0 Å². The Balaban J connectivity index is 1.90. The fraction of sp³-hybridized carbons (Fsp3) is 0.533. The minimum absolute atomic E-state index is 0.0619. The van der Waals surface area contributed by atoms with Gasteiger partial charge in [-0.15, -0.1) is 0 Å². The van der Waals surface area contributed by atoms with E-state index in [0.29, 0.717) is 25.1 Å². The molecule has 1 aromatic rings. The number of piperazine rings is 1. The van der Waals surface area contributed by atoms with Crippen molar-refractivity contribution in [2.75, 3.05) is 24.6 Å². The summed E-state index contributed by atoms with van der Waals surface area (Å²) in [5, 5.41) is 0. The second kappa shape index (κ2) is 5.92. The average molecular weight is 337 g/mol. The number of amides is 2. The molecule has 0 spiro atoms. The molecule has 2 fully saturated rings. The van der Waals surface area contributed by atoms with Crippen molar-refractivity contribution >= 4 is 21.7 Å². The fourth-order valence-electron chi connectivity index (χ4n) is 3.38. The fourth-order valence-corrected chi connectivity index (χ4v) is 5.36. The maximum absolute atomic E-state index is 12.7. The molecule has 2 aliphatic heterocycles. The molecule has 0 saturated carbocycles. The lowest BCUT2D eigenvalue weighted by Crippen LogP contribution is -2.61. The van der Waals surface area contributed by atoms with E-state index in [1.807, 2.05) is 0 Å². The number of aromatic nitrogens is 1. The van der Waals surface area contributed by atoms with Gasteiger partial charge >= 0.3 is 0 Å². The van der Waals surface area contributed by atoms with Crippen molar-refractivity contribution in [1.29, 1.82) is 0 Å². The smallest absolute Gasteiger partial charge is 0.254 e. The summed E-state index contributed by atoms with van der Waals surface area (Å²) in [6.45, 7) is 2.49. The van der Waals surface area contributed by atoms with Gasteiger partial charge in [0.25, 0.3) is 5.91 Å². The van der Waals surface area contributed by atoms with Crippen LogP contribution in [0.5, 0.6) is 0 Å². The first kappa shape index (κ1) is 15.9. The number of sulfone groups is 1. The lowest BCUT2D eigenvalue weighted by molar-refractivity contribution is -0.135. The van der Waals surface area contributed by atoms with E-state index in [-0.39, 0.29) is 23.3 Å². The van der Waals surface area contributed by atoms with Crippen LogP contribution in [0.15, 0.2) is 24.5 Å². The molecule has 1 aromatic heterocycles. The lowest BCUT2D eigenvalue weighted by Gasteiger charge is -2.43. The zero-order chi connectivity index (χ0) is 16.6. The standard InChI is InChI=1S/C15H19N3O4S/c1-2-14(19)17-7-8-18(13-10-23(21,22)9-12(13)17)15(20)11-3-5-16-6-4-11/h3-6,12-13H,2,7-10H2,1H3/t12-,13+/m1/s1. The molecule has 23 heavy (non-hydrogen) atoms. The molecule has 2 atom stereocenters. The van der Waals surface area contributed by atoms with Gasteiger partial charge in [-0.2, -0.15) is 0 Å². The molecule has 0 unspecified atom stereocenters. The van der Waals surface area contributed by atoms with Gasteiger partial charge in [0.1, 0.15) is 0 Å². The van der Waals surface area contributed by atoms with Crippen LogP contribution in [-0.4, -0.2) is 71.7 Å². The molecule has 3 rings (SSSR count). The highest BCUT2D eigenvalue weighted by molar-refractivity contribution is 7.91. The maximum atomic E-state index is 12.7. The van der Waals surface area contributed by atoms with Crippen molar-refractivity contribution in [2.24, 2.45) is 0 Å². The van der Waals surface area contributed by atoms with Crippen LogP contribution in [0.25, 0.3) is 0 Å². The van der Waals surface area contributed by atoms with Gasteiger partial charge < -0.3 is 9.80 Å². The van der Waals surface area contributed by atoms with Crippen LogP contribution < -0.4 is 0 Å². The largest absolute Gasteiger partial charge is 0.335 e. The molecule has 0 aromatic carbocycles. The third kappa shape index (κ3) is 2.95. The van der Waals surface area contributed by atoms with Crippen molar-refractivity contribution in [3.63, 3.8) is 0 Å². The van der Waals surface area contributed by atoms with Crippen molar-refractivity contribution in [3.05, 3.63) is 30.1 Å². The summed E-state index contributed by atoms with van der Waals surface area (Å²) < 4.78 is 24.1. The molecule has 2 aliphatic rings. The number of fused-ring (bicyclic) bond motifs is 1. The van der Waals surface area contributed by atoms with Crippen LogP contribution in [0.3, 0.4) is 0 Å². The summed E-state index contributed by atoms with van der Waals surface area (Å²) in [6.07, 6.45) is 3.40. The highest BCUT2D eigenvalue weighted by Crippen LogP contribution is 2.28. The Kier molecular flexibility index (Phi) is 4.09. The first-order chi connectivity index (χ1) is 10.9. The summed E-state index contributed by atoms with van der Waals surface area (Å²) in [6, 6.07) is 2.33. The van der Waals surface area contributed by atoms with Crippen molar-refractivity contribution in [3.8, 4) is 0 Å². The number of hydrogen-bond donors (Lipinski definition) is 0. The van der Waals surface area contributed by atoms with E-state index in [0.717, 1.165) is 0 Å². The number of nitrogens with zero attached hydrogens (tertiary/aromatic N) is 3. The summed E-state index contributed by atoms with van der Waals surface area (Å²) in [5.74, 6) is -0.415. The first-order valence-corrected chi connectivity index (χ1v) is 9.46. The highest BCUT2D eigenvalue weighted by Gasteiger charge is 2.49. The van der Waals surface area contributed by atoms with Crippen LogP contribution in [0.4, 0.5) is 0 Å². The maximum Gasteiger partial charge on any atom is 0.254 e. The van der Waals surface area contributed by atoms with E-state index in [4.69, 9.17) is 0 Å². The number of carbonyl (C=O) groups excluding carboxylic acids is 2. The third-order valence-corrected chi connectivity index (χ3v) is 6.19. The molecular formula is C15H19N3O4S. The molecule has 0 N–H and O–H groups in total. The second-order valence-electron chi connectivity index (χ2n) is 5.89. The van der Waals surface area contributed by atoms with Gasteiger partial charge in [0.15, 0.2) is 9.84 Å². The molecule has 124 valence electrons. The van der Waals surface area contributed by atoms with Crippen LogP contribution in [0.1, 0.15) is 23.7 Å². The van der Waals surface area contributed by atoms with Crippen LogP contribution in [0.2, 0.25) is 0 Å². The van der Waals surface area contributed by atoms with E-state index in [2.05, 4.69) is 4.98 Å². The second-order valence-corrected chi connectivity index (χ2v) is 8.04. The minimum atomic E-state index is -3.25. The predicted molar refractivity (Wildman–Crippen MR) is 83.5 cm³/mol. The molecule has 2 amide bonds. The van der Waals surface area contributed by atoms with Crippen LogP contribution in [0, 0.1) is 0 Å². The first-order valence-electron chi connectivity index (χ1n) is 7.64. The third-order valence-electron chi connectivity index (χ3n) is 4.49. The SMILES string of the molecule is CCC(=O)N1CCN(C(=O)c2ccncc2)[C@H]2CS(=O)(=O)C[C@H]21. The number of carbonyl (C=O) groups is 2. The van der Waals surface area contributed by atoms with Crippen LogP contribution in [-0.2, 0) is 14.6 Å². The summed E-state index contributed by atoms with van der Waals surface area (Å²) in [7, 11) is -3.25. The number of rotatable bonds is 2. The van der Waals surface area contributed by atoms with E-state index < -0.39 is 21.9 Å². The Bertz CT molecular complexity index is 719. The summed E-state index contributed by atoms with van der Waals surface area (Å²) in [4.78, 5) is 31.9. The van der Waals surface area contributed by atoms with Gasteiger partial charge in [-0.05, 0) is 12.1 Å². The molecule has 0 bridgehead atoms. The Labute approximate surface area is 135 Å². The van der Waals surface area contributed by atoms with Crippen molar-refractivity contribution in [1.82, 2.24) is 14.8 Å². The highest BCUT2D eigenvalue weighted by atomic mass is 32.2. The Hall–Kier alpha value is -1.96. The molecule has 7 nitrogen and oxygen atoms in total. The van der Waals surface area contributed by atoms with Crippen molar-refractivity contribution in [2.45, 2.75) is 25.4 Å². The summed E-state index contributed by atoms with van der Waals surface area (Å²) in [5.41, 5.74) is 0.485. The molecule has 3 heterocycles. The van der Waals surface area contributed by atoms with Gasteiger partial charge in [0.2, 0.25) is 5.91 Å². The zero-order valence-corrected chi connectivity index (χ0v) is 13.7. The molecular weight excluding hydrogens is 318 g/mol. The topological polar surface area (TPSA) is 87.7 Å². The van der Waals surface area contributed by atoms with Gasteiger partial charge in [-0.1, -0.05) is 6.92 Å². The van der Waals surface area contributed by atoms with Gasteiger partial charge in [0.05, 0.1) is 23.6 Å². The van der Waals surface area contributed by atoms with Crippen molar-refractivity contribution < 1.29 is 18.0 Å². The van der Waals surface area contributed by atoms with Gasteiger partial charge in [-0.25, -0.2) is 8.42 Å². The normalized spacial score (nSPS) is 26.0. The van der Waals surface area contributed by atoms with Crippen LogP contribution >= 0.6 is 0 Å². The summed E-state index contributed by atoms with van der Waals surface area (Å²) >= 11 is 0. The minimum Gasteiger partial charge on any atom is -0.335 e. The Morgan fingerprint density at radius 1 is 1.13 bits per heavy atom. The lowest BCUT2D eigenvalue weighted by atomic mass is 10.0. The number of pyridine rings is 1. The molecule has 2 saturated heterocycles. The number of hydrogen-bond acceptors (Lipinski definition) is 5. The average Bonchev–Trinajstić information content (AvgIpc) is 2.88. The van der Waals surface area contributed by atoms with E-state index >= 15 is 0 Å². The molecule has 0 radical (unpaired) electrons. The predicted octanol–water partition coefficient (Wildman–Crippen LogP) is -0.0584. The monoisotopic (exact) mass is 337 g/mol. The van der Waals surface area contributed by atoms with Gasteiger partial charge in [0, 0.05) is 37.5 Å². The quantitative estimate of drug-likeness (QED) is 0.754.